The molecule has 0 aliphatic carbocycles. The molecule has 0 aliphatic heterocycles. The van der Waals surface area contributed by atoms with E-state index >= 15 is 0 Å². The van der Waals surface area contributed by atoms with Crippen molar-refractivity contribution in [1.82, 2.24) is 0 Å². The zero-order valence-electron chi connectivity index (χ0n) is 7.27. The highest BCUT2D eigenvalue weighted by Crippen LogP contribution is 2.50. The van der Waals surface area contributed by atoms with Crippen molar-refractivity contribution in [3.8, 4) is 0 Å². The molecule has 63 valence electrons. The van der Waals surface area contributed by atoms with Crippen molar-refractivity contribution in [3.05, 3.63) is 30.3 Å². The number of rotatable bonds is 3. The molecule has 1 rings (SSSR count). The highest BCUT2D eigenvalue weighted by Gasteiger charge is 2.16. The van der Waals surface area contributed by atoms with E-state index in [2.05, 4.69) is 0 Å². The van der Waals surface area contributed by atoms with Gasteiger partial charge in [0.05, 0.1) is 0 Å². The van der Waals surface area contributed by atoms with Crippen LogP contribution in [0.25, 0.3) is 0 Å². The van der Waals surface area contributed by atoms with Gasteiger partial charge in [-0.1, -0.05) is 18.2 Å². The summed E-state index contributed by atoms with van der Waals surface area (Å²) in [5, 5.41) is 10.3. The molecular formula is C9H13BOP. The van der Waals surface area contributed by atoms with Gasteiger partial charge in [0.2, 0.25) is 0 Å². The molecule has 0 fully saturated rings. The Morgan fingerprint density at radius 2 is 1.92 bits per heavy atom. The number of benzene rings is 1. The summed E-state index contributed by atoms with van der Waals surface area (Å²) in [6.45, 7) is 2.02. The molecule has 3 heteroatoms. The molecule has 1 aromatic carbocycles. The van der Waals surface area contributed by atoms with Gasteiger partial charge >= 0.3 is 0 Å². The van der Waals surface area contributed by atoms with Crippen LogP contribution in [0.15, 0.2) is 30.3 Å². The Balaban J connectivity index is 2.95. The second-order valence-electron chi connectivity index (χ2n) is 2.83. The summed E-state index contributed by atoms with van der Waals surface area (Å²) in [6, 6.07) is 9.87. The van der Waals surface area contributed by atoms with Crippen molar-refractivity contribution in [2.45, 2.75) is 6.92 Å². The van der Waals surface area contributed by atoms with Crippen molar-refractivity contribution in [2.24, 2.45) is 0 Å². The van der Waals surface area contributed by atoms with E-state index in [9.17, 15) is 0 Å². The average molecular weight is 179 g/mol. The van der Waals surface area contributed by atoms with Gasteiger partial charge in [-0.15, -0.1) is 0 Å². The topological polar surface area (TPSA) is 20.2 Å². The third kappa shape index (κ3) is 1.88. The molecule has 1 aromatic rings. The second-order valence-corrected chi connectivity index (χ2v) is 6.33. The summed E-state index contributed by atoms with van der Waals surface area (Å²) < 4.78 is 0. The molecule has 0 bridgehead atoms. The lowest BCUT2D eigenvalue weighted by Crippen LogP contribution is -2.15. The Labute approximate surface area is 75.5 Å². The SMILES string of the molecule is [B-][P+](CC)(CO)c1ccccc1. The maximum Gasteiger partial charge on any atom is 0.110 e. The van der Waals surface area contributed by atoms with Crippen molar-refractivity contribution >= 4 is 20.0 Å². The van der Waals surface area contributed by atoms with Crippen LogP contribution in [-0.2, 0) is 0 Å². The molecular weight excluding hydrogens is 166 g/mol. The molecule has 1 nitrogen and oxygen atoms in total. The van der Waals surface area contributed by atoms with E-state index in [-0.39, 0.29) is 6.35 Å². The average Bonchev–Trinajstić information content (AvgIpc) is 2.18. The minimum absolute atomic E-state index is 0.105. The number of hydrogen-bond donors (Lipinski definition) is 1. The van der Waals surface area contributed by atoms with Crippen LogP contribution < -0.4 is 5.30 Å². The Morgan fingerprint density at radius 1 is 1.33 bits per heavy atom. The molecule has 0 spiro atoms. The maximum absolute atomic E-state index is 9.16. The minimum Gasteiger partial charge on any atom is -0.366 e. The van der Waals surface area contributed by atoms with Gasteiger partial charge in [-0.2, -0.15) is 7.14 Å². The van der Waals surface area contributed by atoms with E-state index < -0.39 is 7.14 Å². The van der Waals surface area contributed by atoms with Gasteiger partial charge in [0.1, 0.15) is 6.35 Å². The fourth-order valence-corrected chi connectivity index (χ4v) is 2.58. The molecule has 0 aromatic heterocycles. The highest BCUT2D eigenvalue weighted by atomic mass is 31.2. The molecule has 0 saturated heterocycles. The van der Waals surface area contributed by atoms with E-state index in [1.807, 2.05) is 37.3 Å². The van der Waals surface area contributed by atoms with E-state index in [1.54, 1.807) is 0 Å². The lowest BCUT2D eigenvalue weighted by Gasteiger charge is -2.32. The minimum atomic E-state index is -1.73. The van der Waals surface area contributed by atoms with Crippen molar-refractivity contribution in [2.75, 3.05) is 12.5 Å². The summed E-state index contributed by atoms with van der Waals surface area (Å²) in [5.41, 5.74) is 0. The normalized spacial score (nSPS) is 15.6. The van der Waals surface area contributed by atoms with Crippen LogP contribution in [0.1, 0.15) is 6.92 Å². The second kappa shape index (κ2) is 4.07. The standard InChI is InChI=1S/C9H13BOP/c1-2-12(10,8-11)9-6-4-3-5-7-9/h3-7,11H,2,8H2,1H3. The highest BCUT2D eigenvalue weighted by molar-refractivity contribution is 8.02. The smallest absolute Gasteiger partial charge is 0.110 e. The Morgan fingerprint density at radius 3 is 2.33 bits per heavy atom. The fraction of sp³-hybridized carbons (Fsp3) is 0.333. The van der Waals surface area contributed by atoms with Crippen LogP contribution >= 0.6 is 7.14 Å². The summed E-state index contributed by atoms with van der Waals surface area (Å²) in [7, 11) is 4.35. The molecule has 1 atom stereocenters. The van der Waals surface area contributed by atoms with Gasteiger partial charge in [0.15, 0.2) is 0 Å². The Kier molecular flexibility index (Phi) is 3.31. The van der Waals surface area contributed by atoms with E-state index in [1.165, 1.54) is 0 Å². The summed E-state index contributed by atoms with van der Waals surface area (Å²) >= 11 is 0. The quantitative estimate of drug-likeness (QED) is 0.548. The van der Waals surface area contributed by atoms with E-state index in [0.717, 1.165) is 11.5 Å². The van der Waals surface area contributed by atoms with E-state index in [4.69, 9.17) is 12.7 Å². The van der Waals surface area contributed by atoms with Crippen LogP contribution in [0, 0.1) is 0 Å². The Hall–Kier alpha value is -0.325. The summed E-state index contributed by atoms with van der Waals surface area (Å²) in [4.78, 5) is 0. The molecule has 0 aliphatic rings. The zero-order chi connectivity index (χ0) is 9.03. The van der Waals surface area contributed by atoms with Crippen LogP contribution in [0.4, 0.5) is 0 Å². The van der Waals surface area contributed by atoms with Crippen molar-refractivity contribution in [3.63, 3.8) is 0 Å². The fourth-order valence-electron chi connectivity index (χ4n) is 1.09. The van der Waals surface area contributed by atoms with Crippen LogP contribution in [0.2, 0.25) is 0 Å². The third-order valence-corrected chi connectivity index (χ3v) is 5.05. The van der Waals surface area contributed by atoms with Gasteiger partial charge in [-0.05, 0) is 19.1 Å². The predicted octanol–water partition coefficient (Wildman–Crippen LogP) is 1.38. The number of aliphatic hydroxyl groups is 1. The molecule has 1 unspecified atom stereocenters. The third-order valence-electron chi connectivity index (χ3n) is 2.09. The van der Waals surface area contributed by atoms with E-state index in [0.29, 0.717) is 0 Å². The van der Waals surface area contributed by atoms with Crippen LogP contribution in [0.3, 0.4) is 0 Å². The first-order valence-electron chi connectivity index (χ1n) is 4.05. The van der Waals surface area contributed by atoms with Crippen LogP contribution in [0.5, 0.6) is 0 Å². The lowest BCUT2D eigenvalue weighted by molar-refractivity contribution is 0.370. The van der Waals surface area contributed by atoms with Gasteiger partial charge in [0.25, 0.3) is 0 Å². The largest absolute Gasteiger partial charge is 0.366 e. The van der Waals surface area contributed by atoms with Gasteiger partial charge in [-0.3, -0.25) is 7.57 Å². The molecule has 0 saturated carbocycles. The van der Waals surface area contributed by atoms with Crippen molar-refractivity contribution < 1.29 is 5.11 Å². The Bertz CT molecular complexity index is 234. The number of hydrogen-bond acceptors (Lipinski definition) is 1. The lowest BCUT2D eigenvalue weighted by atomic mass is 10.4. The first-order valence-corrected chi connectivity index (χ1v) is 6.28. The molecule has 0 heterocycles. The molecule has 3 radical (unpaired) electrons. The van der Waals surface area contributed by atoms with Crippen LogP contribution in [-0.4, -0.2) is 25.2 Å². The van der Waals surface area contributed by atoms with Gasteiger partial charge in [0, 0.05) is 11.5 Å². The maximum atomic E-state index is 9.16. The molecule has 12 heavy (non-hydrogen) atoms. The monoisotopic (exact) mass is 179 g/mol. The van der Waals surface area contributed by atoms with Gasteiger partial charge in [-0.25, -0.2) is 0 Å². The molecule has 1 N–H and O–H groups in total. The summed E-state index contributed by atoms with van der Waals surface area (Å²) in [5.74, 6) is 0. The predicted molar refractivity (Wildman–Crippen MR) is 56.4 cm³/mol. The number of aliphatic hydroxyl groups excluding tert-OH is 1. The summed E-state index contributed by atoms with van der Waals surface area (Å²) in [6.07, 6.45) is 0.959. The van der Waals surface area contributed by atoms with Gasteiger partial charge < -0.3 is 5.11 Å². The zero-order valence-corrected chi connectivity index (χ0v) is 8.17. The molecule has 0 amide bonds. The first-order chi connectivity index (χ1) is 5.73. The first kappa shape index (κ1) is 9.76. The van der Waals surface area contributed by atoms with Crippen molar-refractivity contribution in [1.29, 1.82) is 0 Å².